The van der Waals surface area contributed by atoms with Gasteiger partial charge < -0.3 is 20.8 Å². The first kappa shape index (κ1) is 18.2. The summed E-state index contributed by atoms with van der Waals surface area (Å²) in [6, 6.07) is -0.899. The van der Waals surface area contributed by atoms with E-state index in [0.29, 0.717) is 30.6 Å². The van der Waals surface area contributed by atoms with Crippen LogP contribution in [0.15, 0.2) is 5.16 Å². The molecular weight excluding hydrogens is 336 g/mol. The van der Waals surface area contributed by atoms with Crippen LogP contribution in [-0.2, 0) is 27.3 Å². The van der Waals surface area contributed by atoms with Crippen molar-refractivity contribution in [3.63, 3.8) is 0 Å². The van der Waals surface area contributed by atoms with E-state index in [2.05, 4.69) is 10.2 Å². The zero-order chi connectivity index (χ0) is 17.5. The number of primary amides is 2. The number of carbonyl (C=O) groups excluding carboxylic acids is 3. The molecule has 1 unspecified atom stereocenters. The van der Waals surface area contributed by atoms with Gasteiger partial charge in [0.2, 0.25) is 11.8 Å². The van der Waals surface area contributed by atoms with Crippen LogP contribution in [0.4, 0.5) is 4.79 Å². The van der Waals surface area contributed by atoms with Gasteiger partial charge in [0.15, 0.2) is 5.16 Å². The minimum atomic E-state index is -0.899. The van der Waals surface area contributed by atoms with Gasteiger partial charge in [-0.2, -0.15) is 0 Å². The summed E-state index contributed by atoms with van der Waals surface area (Å²) in [6.07, 6.45) is 2.50. The molecular formula is C13H20N6O4S. The maximum atomic E-state index is 11.5. The third-order valence-corrected chi connectivity index (χ3v) is 4.36. The molecule has 1 saturated heterocycles. The van der Waals surface area contributed by atoms with Crippen LogP contribution >= 0.6 is 11.8 Å². The Morgan fingerprint density at radius 2 is 2.12 bits per heavy atom. The molecule has 0 spiro atoms. The van der Waals surface area contributed by atoms with E-state index in [-0.39, 0.29) is 18.3 Å². The van der Waals surface area contributed by atoms with Gasteiger partial charge in [0.05, 0.1) is 18.4 Å². The maximum Gasteiger partial charge on any atom is 0.318 e. The Balaban J connectivity index is 2.05. The highest BCUT2D eigenvalue weighted by Gasteiger charge is 2.21. The molecule has 0 radical (unpaired) electrons. The van der Waals surface area contributed by atoms with Crippen molar-refractivity contribution < 1.29 is 19.1 Å². The van der Waals surface area contributed by atoms with Crippen LogP contribution in [-0.4, -0.2) is 51.1 Å². The first-order valence-electron chi connectivity index (χ1n) is 7.49. The number of hydrogen-bond acceptors (Lipinski definition) is 7. The fourth-order valence-corrected chi connectivity index (χ4v) is 3.09. The van der Waals surface area contributed by atoms with E-state index in [1.165, 1.54) is 0 Å². The summed E-state index contributed by atoms with van der Waals surface area (Å²) >= 11 is 1.13. The highest BCUT2D eigenvalue weighted by molar-refractivity contribution is 7.99. The molecule has 10 nitrogen and oxygen atoms in total. The summed E-state index contributed by atoms with van der Waals surface area (Å²) in [5.74, 6) is -0.348. The topological polar surface area (TPSA) is 155 Å². The fraction of sp³-hybridized carbons (Fsp3) is 0.615. The average molecular weight is 356 g/mol. The number of ether oxygens (including phenoxy) is 1. The molecule has 1 fully saturated rings. The Morgan fingerprint density at radius 3 is 2.75 bits per heavy atom. The zero-order valence-electron chi connectivity index (χ0n) is 13.1. The van der Waals surface area contributed by atoms with Gasteiger partial charge >= 0.3 is 6.03 Å². The second-order valence-corrected chi connectivity index (χ2v) is 6.25. The van der Waals surface area contributed by atoms with Gasteiger partial charge in [0.25, 0.3) is 0 Å². The van der Waals surface area contributed by atoms with Crippen LogP contribution in [0.3, 0.4) is 0 Å². The normalized spacial score (nSPS) is 16.9. The molecule has 1 atom stereocenters. The van der Waals surface area contributed by atoms with Crippen LogP contribution in [0, 0.1) is 0 Å². The van der Waals surface area contributed by atoms with E-state index in [4.69, 9.17) is 16.2 Å². The van der Waals surface area contributed by atoms with Crippen LogP contribution in [0.2, 0.25) is 0 Å². The Morgan fingerprint density at radius 1 is 1.33 bits per heavy atom. The van der Waals surface area contributed by atoms with Crippen LogP contribution < -0.4 is 16.8 Å². The van der Waals surface area contributed by atoms with Crippen molar-refractivity contribution in [1.82, 2.24) is 20.1 Å². The minimum absolute atomic E-state index is 0.0254. The lowest BCUT2D eigenvalue weighted by atomic mass is 10.2. The third-order valence-electron chi connectivity index (χ3n) is 3.39. The Hall–Kier alpha value is -2.14. The lowest BCUT2D eigenvalue weighted by Crippen LogP contribution is -2.36. The van der Waals surface area contributed by atoms with Crippen molar-refractivity contribution in [2.24, 2.45) is 11.5 Å². The smallest absolute Gasteiger partial charge is 0.318 e. The number of hydrogen-bond donors (Lipinski definition) is 3. The number of aryl methyl sites for hydroxylation is 1. The van der Waals surface area contributed by atoms with Crippen LogP contribution in [0.5, 0.6) is 0 Å². The summed E-state index contributed by atoms with van der Waals surface area (Å²) in [7, 11) is 0. The summed E-state index contributed by atoms with van der Waals surface area (Å²) < 4.78 is 7.46. The van der Waals surface area contributed by atoms with Gasteiger partial charge in [-0.3, -0.25) is 14.9 Å². The second-order valence-electron chi connectivity index (χ2n) is 5.31. The highest BCUT2D eigenvalue weighted by Crippen LogP contribution is 2.21. The number of imide groups is 1. The van der Waals surface area contributed by atoms with Crippen molar-refractivity contribution in [3.05, 3.63) is 5.82 Å². The van der Waals surface area contributed by atoms with Gasteiger partial charge in [-0.05, 0) is 12.8 Å². The fourth-order valence-electron chi connectivity index (χ4n) is 2.32. The monoisotopic (exact) mass is 356 g/mol. The molecule has 2 heterocycles. The molecule has 1 aliphatic heterocycles. The third kappa shape index (κ3) is 5.49. The van der Waals surface area contributed by atoms with E-state index < -0.39 is 17.8 Å². The average Bonchev–Trinajstić information content (AvgIpc) is 3.13. The standard InChI is InChI=1S/C13H20N6O4S/c14-9(20)3-4-10-17-18-13(24-7-11(21)16-12(15)22)19(10)6-8-2-1-5-23-8/h8H,1-7H2,(H2,14,20)(H3,15,16,21,22). The Kier molecular flexibility index (Phi) is 6.55. The van der Waals surface area contributed by atoms with Gasteiger partial charge in [0, 0.05) is 19.4 Å². The number of nitrogens with one attached hydrogen (secondary N) is 1. The van der Waals surface area contributed by atoms with Gasteiger partial charge in [-0.1, -0.05) is 11.8 Å². The van der Waals surface area contributed by atoms with Crippen molar-refractivity contribution >= 4 is 29.6 Å². The van der Waals surface area contributed by atoms with Crippen LogP contribution in [0.1, 0.15) is 25.1 Å². The highest BCUT2D eigenvalue weighted by atomic mass is 32.2. The Labute approximate surface area is 142 Å². The second kappa shape index (κ2) is 8.64. The molecule has 1 aromatic rings. The molecule has 11 heteroatoms. The first-order valence-corrected chi connectivity index (χ1v) is 8.48. The molecule has 0 bridgehead atoms. The summed E-state index contributed by atoms with van der Waals surface area (Å²) in [5.41, 5.74) is 10.1. The summed E-state index contributed by atoms with van der Waals surface area (Å²) in [4.78, 5) is 33.2. The number of aromatic nitrogens is 3. The van der Waals surface area contributed by atoms with Crippen LogP contribution in [0.25, 0.3) is 0 Å². The Bertz CT molecular complexity index is 614. The van der Waals surface area contributed by atoms with E-state index in [1.807, 2.05) is 9.88 Å². The van der Waals surface area contributed by atoms with Crippen molar-refractivity contribution in [3.8, 4) is 0 Å². The molecule has 0 saturated carbocycles. The predicted octanol–water partition coefficient (Wildman–Crippen LogP) is -0.838. The summed E-state index contributed by atoms with van der Waals surface area (Å²) in [5, 5.41) is 10.6. The number of thioether (sulfide) groups is 1. The molecule has 0 aliphatic carbocycles. The van der Waals surface area contributed by atoms with Gasteiger partial charge in [0.1, 0.15) is 5.82 Å². The number of nitrogens with two attached hydrogens (primary N) is 2. The molecule has 24 heavy (non-hydrogen) atoms. The maximum absolute atomic E-state index is 11.5. The van der Waals surface area contributed by atoms with Crippen molar-refractivity contribution in [2.45, 2.75) is 43.5 Å². The molecule has 1 aliphatic rings. The van der Waals surface area contributed by atoms with E-state index in [1.54, 1.807) is 0 Å². The van der Waals surface area contributed by atoms with E-state index in [9.17, 15) is 14.4 Å². The largest absolute Gasteiger partial charge is 0.376 e. The predicted molar refractivity (Wildman–Crippen MR) is 85.0 cm³/mol. The first-order chi connectivity index (χ1) is 11.5. The number of urea groups is 1. The lowest BCUT2D eigenvalue weighted by molar-refractivity contribution is -0.118. The molecule has 5 N–H and O–H groups in total. The number of carbonyl (C=O) groups is 3. The van der Waals surface area contributed by atoms with E-state index in [0.717, 1.165) is 24.6 Å². The van der Waals surface area contributed by atoms with Crippen molar-refractivity contribution in [1.29, 1.82) is 0 Å². The SMILES string of the molecule is NC(=O)CCc1nnc(SCC(=O)NC(N)=O)n1CC1CCCO1. The van der Waals surface area contributed by atoms with Crippen molar-refractivity contribution in [2.75, 3.05) is 12.4 Å². The molecule has 1 aromatic heterocycles. The number of rotatable bonds is 8. The molecule has 132 valence electrons. The molecule has 0 aromatic carbocycles. The zero-order valence-corrected chi connectivity index (χ0v) is 13.9. The molecule has 4 amide bonds. The quantitative estimate of drug-likeness (QED) is 0.513. The van der Waals surface area contributed by atoms with E-state index >= 15 is 0 Å². The summed E-state index contributed by atoms with van der Waals surface area (Å²) in [6.45, 7) is 1.26. The number of nitrogens with zero attached hydrogens (tertiary/aromatic N) is 3. The van der Waals surface area contributed by atoms with Gasteiger partial charge in [-0.25, -0.2) is 4.79 Å². The molecule has 2 rings (SSSR count). The van der Waals surface area contributed by atoms with Gasteiger partial charge in [-0.15, -0.1) is 10.2 Å². The lowest BCUT2D eigenvalue weighted by Gasteiger charge is -2.14. The number of amides is 4. The minimum Gasteiger partial charge on any atom is -0.376 e.